The summed E-state index contributed by atoms with van der Waals surface area (Å²) in [5.41, 5.74) is 0.766. The normalized spacial score (nSPS) is 12.6. The topological polar surface area (TPSA) is 85.8 Å². The van der Waals surface area contributed by atoms with Gasteiger partial charge in [0, 0.05) is 12.6 Å². The molecule has 0 aliphatic heterocycles. The van der Waals surface area contributed by atoms with Crippen molar-refractivity contribution in [3.63, 3.8) is 0 Å². The van der Waals surface area contributed by atoms with Gasteiger partial charge in [-0.3, -0.25) is 4.79 Å². The van der Waals surface area contributed by atoms with E-state index in [1.807, 2.05) is 20.8 Å². The Morgan fingerprint density at radius 2 is 2.19 bits per heavy atom. The van der Waals surface area contributed by atoms with Crippen molar-refractivity contribution in [2.75, 3.05) is 0 Å². The lowest BCUT2D eigenvalue weighted by Crippen LogP contribution is -2.28. The highest BCUT2D eigenvalue weighted by Crippen LogP contribution is 2.15. The van der Waals surface area contributed by atoms with Crippen molar-refractivity contribution < 1.29 is 9.32 Å². The summed E-state index contributed by atoms with van der Waals surface area (Å²) in [6, 6.07) is 1.42. The molecule has 2 aromatic heterocycles. The Morgan fingerprint density at radius 1 is 1.43 bits per heavy atom. The molecule has 0 saturated heterocycles. The smallest absolute Gasteiger partial charge is 0.290 e. The predicted octanol–water partition coefficient (Wildman–Crippen LogP) is 2.29. The van der Waals surface area contributed by atoms with E-state index in [4.69, 9.17) is 4.52 Å². The molecule has 21 heavy (non-hydrogen) atoms. The molecule has 2 aromatic rings. The quantitative estimate of drug-likeness (QED) is 0.882. The molecule has 0 bridgehead atoms. The van der Waals surface area contributed by atoms with Crippen molar-refractivity contribution in [2.24, 2.45) is 0 Å². The second kappa shape index (κ2) is 6.51. The SMILES string of the molecule is CCCn1ncnc1[C@H](C)NC(=O)c1cc(C(C)C)no1. The fourth-order valence-electron chi connectivity index (χ4n) is 1.99. The van der Waals surface area contributed by atoms with E-state index in [0.29, 0.717) is 0 Å². The van der Waals surface area contributed by atoms with Crippen LogP contribution in [-0.4, -0.2) is 25.8 Å². The summed E-state index contributed by atoms with van der Waals surface area (Å²) < 4.78 is 6.88. The molecule has 2 heterocycles. The van der Waals surface area contributed by atoms with Crippen LogP contribution in [0.1, 0.15) is 68.1 Å². The Balaban J connectivity index is 2.05. The fraction of sp³-hybridized carbons (Fsp3) is 0.571. The Labute approximate surface area is 123 Å². The van der Waals surface area contributed by atoms with Crippen LogP contribution >= 0.6 is 0 Å². The minimum absolute atomic E-state index is 0.215. The van der Waals surface area contributed by atoms with Crippen LogP contribution in [0.25, 0.3) is 0 Å². The monoisotopic (exact) mass is 291 g/mol. The summed E-state index contributed by atoms with van der Waals surface area (Å²) in [6.07, 6.45) is 2.45. The Bertz CT molecular complexity index is 602. The third-order valence-corrected chi connectivity index (χ3v) is 3.16. The van der Waals surface area contributed by atoms with Crippen molar-refractivity contribution >= 4 is 5.91 Å². The minimum atomic E-state index is -0.298. The van der Waals surface area contributed by atoms with Gasteiger partial charge in [0.05, 0.1) is 11.7 Å². The molecule has 0 unspecified atom stereocenters. The summed E-state index contributed by atoms with van der Waals surface area (Å²) >= 11 is 0. The summed E-state index contributed by atoms with van der Waals surface area (Å²) in [4.78, 5) is 16.4. The lowest BCUT2D eigenvalue weighted by atomic mass is 10.1. The zero-order chi connectivity index (χ0) is 15.4. The molecular formula is C14H21N5O2. The molecule has 7 nitrogen and oxygen atoms in total. The van der Waals surface area contributed by atoms with Gasteiger partial charge in [-0.2, -0.15) is 5.10 Å². The molecule has 7 heteroatoms. The summed E-state index contributed by atoms with van der Waals surface area (Å²) in [6.45, 7) is 8.70. The van der Waals surface area contributed by atoms with Crippen LogP contribution in [0.15, 0.2) is 16.9 Å². The number of rotatable bonds is 6. The second-order valence-corrected chi connectivity index (χ2v) is 5.31. The molecule has 1 amide bonds. The Kier molecular flexibility index (Phi) is 4.72. The van der Waals surface area contributed by atoms with Gasteiger partial charge in [0.15, 0.2) is 0 Å². The Morgan fingerprint density at radius 3 is 2.81 bits per heavy atom. The number of aryl methyl sites for hydroxylation is 1. The maximum Gasteiger partial charge on any atom is 0.290 e. The van der Waals surface area contributed by atoms with Gasteiger partial charge >= 0.3 is 0 Å². The molecule has 0 radical (unpaired) electrons. The van der Waals surface area contributed by atoms with Gasteiger partial charge in [0.1, 0.15) is 12.2 Å². The van der Waals surface area contributed by atoms with Crippen LogP contribution in [0, 0.1) is 0 Å². The number of amides is 1. The zero-order valence-corrected chi connectivity index (χ0v) is 12.8. The van der Waals surface area contributed by atoms with Gasteiger partial charge in [0.25, 0.3) is 5.91 Å². The number of nitrogens with zero attached hydrogens (tertiary/aromatic N) is 4. The van der Waals surface area contributed by atoms with Gasteiger partial charge in [-0.05, 0) is 19.3 Å². The number of hydrogen-bond acceptors (Lipinski definition) is 5. The van der Waals surface area contributed by atoms with Crippen LogP contribution in [0.3, 0.4) is 0 Å². The molecule has 1 N–H and O–H groups in total. The molecule has 0 aromatic carbocycles. The van der Waals surface area contributed by atoms with Gasteiger partial charge in [-0.1, -0.05) is 25.9 Å². The second-order valence-electron chi connectivity index (χ2n) is 5.31. The number of carbonyl (C=O) groups is 1. The molecule has 0 fully saturated rings. The van der Waals surface area contributed by atoms with E-state index in [2.05, 4.69) is 27.5 Å². The van der Waals surface area contributed by atoms with E-state index >= 15 is 0 Å². The lowest BCUT2D eigenvalue weighted by molar-refractivity contribution is 0.0900. The van der Waals surface area contributed by atoms with Crippen molar-refractivity contribution in [1.82, 2.24) is 25.2 Å². The predicted molar refractivity (Wildman–Crippen MR) is 76.8 cm³/mol. The summed E-state index contributed by atoms with van der Waals surface area (Å²) in [7, 11) is 0. The number of hydrogen-bond donors (Lipinski definition) is 1. The molecule has 0 aliphatic carbocycles. The van der Waals surface area contributed by atoms with E-state index in [9.17, 15) is 4.79 Å². The average molecular weight is 291 g/mol. The third-order valence-electron chi connectivity index (χ3n) is 3.16. The third kappa shape index (κ3) is 3.48. The number of carbonyl (C=O) groups excluding carboxylic acids is 1. The molecule has 0 aliphatic rings. The van der Waals surface area contributed by atoms with Crippen LogP contribution in [0.4, 0.5) is 0 Å². The van der Waals surface area contributed by atoms with Gasteiger partial charge in [0.2, 0.25) is 5.76 Å². The van der Waals surface area contributed by atoms with Crippen LogP contribution in [0.5, 0.6) is 0 Å². The van der Waals surface area contributed by atoms with Crippen LogP contribution < -0.4 is 5.32 Å². The highest BCUT2D eigenvalue weighted by molar-refractivity contribution is 5.91. The number of nitrogens with one attached hydrogen (secondary N) is 1. The van der Waals surface area contributed by atoms with E-state index < -0.39 is 0 Å². The van der Waals surface area contributed by atoms with Gasteiger partial charge in [-0.25, -0.2) is 9.67 Å². The zero-order valence-electron chi connectivity index (χ0n) is 12.8. The van der Waals surface area contributed by atoms with Crippen molar-refractivity contribution in [2.45, 2.75) is 52.6 Å². The maximum absolute atomic E-state index is 12.2. The molecule has 1 atom stereocenters. The first-order chi connectivity index (χ1) is 10.0. The van der Waals surface area contributed by atoms with E-state index in [1.54, 1.807) is 10.7 Å². The van der Waals surface area contributed by atoms with Crippen molar-refractivity contribution in [3.8, 4) is 0 Å². The Hall–Kier alpha value is -2.18. The highest BCUT2D eigenvalue weighted by atomic mass is 16.5. The largest absolute Gasteiger partial charge is 0.351 e. The summed E-state index contributed by atoms with van der Waals surface area (Å²) in [5, 5.41) is 10.9. The van der Waals surface area contributed by atoms with Crippen molar-refractivity contribution in [3.05, 3.63) is 29.7 Å². The van der Waals surface area contributed by atoms with Gasteiger partial charge in [-0.15, -0.1) is 0 Å². The molecule has 0 saturated carbocycles. The molecule has 2 rings (SSSR count). The molecule has 0 spiro atoms. The highest BCUT2D eigenvalue weighted by Gasteiger charge is 2.20. The van der Waals surface area contributed by atoms with Crippen LogP contribution in [-0.2, 0) is 6.54 Å². The van der Waals surface area contributed by atoms with E-state index in [0.717, 1.165) is 24.5 Å². The standard InChI is InChI=1S/C14H21N5O2/c1-5-6-19-13(15-8-16-19)10(4)17-14(20)12-7-11(9(2)3)18-21-12/h7-10H,5-6H2,1-4H3,(H,17,20)/t10-/m0/s1. The maximum atomic E-state index is 12.2. The number of aromatic nitrogens is 4. The van der Waals surface area contributed by atoms with Crippen molar-refractivity contribution in [1.29, 1.82) is 0 Å². The molecular weight excluding hydrogens is 270 g/mol. The summed E-state index contributed by atoms with van der Waals surface area (Å²) in [5.74, 6) is 0.870. The minimum Gasteiger partial charge on any atom is -0.351 e. The van der Waals surface area contributed by atoms with E-state index in [-0.39, 0.29) is 23.6 Å². The average Bonchev–Trinajstić information content (AvgIpc) is 3.07. The first-order valence-corrected chi connectivity index (χ1v) is 7.18. The lowest BCUT2D eigenvalue weighted by Gasteiger charge is -2.13. The first-order valence-electron chi connectivity index (χ1n) is 7.18. The fourth-order valence-corrected chi connectivity index (χ4v) is 1.99. The van der Waals surface area contributed by atoms with Crippen LogP contribution in [0.2, 0.25) is 0 Å². The van der Waals surface area contributed by atoms with Gasteiger partial charge < -0.3 is 9.84 Å². The van der Waals surface area contributed by atoms with E-state index in [1.165, 1.54) is 6.33 Å². The first kappa shape index (κ1) is 15.2. The molecule has 114 valence electrons.